The van der Waals surface area contributed by atoms with Crippen molar-refractivity contribution >= 4 is 24.9 Å². The van der Waals surface area contributed by atoms with E-state index in [9.17, 15) is 14.4 Å². The Hall–Kier alpha value is -2.39. The number of hydrogen-bond acceptors (Lipinski definition) is 6. The Morgan fingerprint density at radius 2 is 1.80 bits per heavy atom. The first kappa shape index (κ1) is 31.5. The summed E-state index contributed by atoms with van der Waals surface area (Å²) in [7, 11) is -0.472. The van der Waals surface area contributed by atoms with Crippen LogP contribution in [0, 0.1) is 17.3 Å². The maximum absolute atomic E-state index is 13.7. The number of nitrogens with one attached hydrogen (secondary N) is 2. The highest BCUT2D eigenvalue weighted by Gasteiger charge is 2.68. The van der Waals surface area contributed by atoms with E-state index >= 15 is 0 Å². The van der Waals surface area contributed by atoms with Gasteiger partial charge in [0.2, 0.25) is 5.91 Å². The quantitative estimate of drug-likeness (QED) is 0.256. The number of benzene rings is 1. The van der Waals surface area contributed by atoms with E-state index in [1.165, 1.54) is 13.3 Å². The average molecular weight is 569 g/mol. The van der Waals surface area contributed by atoms with Crippen molar-refractivity contribution in [1.29, 1.82) is 0 Å². The number of ether oxygens (including phenoxy) is 1. The van der Waals surface area contributed by atoms with Crippen LogP contribution in [0.3, 0.4) is 0 Å². The minimum absolute atomic E-state index is 0.0157. The highest BCUT2D eigenvalue weighted by molar-refractivity contribution is 6.48. The zero-order chi connectivity index (χ0) is 30.0. The summed E-state index contributed by atoms with van der Waals surface area (Å²) in [5, 5.41) is 5.62. The molecule has 6 atom stereocenters. The van der Waals surface area contributed by atoms with Gasteiger partial charge in [-0.05, 0) is 89.0 Å². The van der Waals surface area contributed by atoms with Crippen molar-refractivity contribution in [2.24, 2.45) is 17.3 Å². The van der Waals surface area contributed by atoms with E-state index in [2.05, 4.69) is 43.5 Å². The first-order valence-electron chi connectivity index (χ1n) is 15.3. The molecule has 8 nitrogen and oxygen atoms in total. The average Bonchev–Trinajstić information content (AvgIpc) is 3.24. The molecule has 2 bridgehead atoms. The van der Waals surface area contributed by atoms with E-state index in [0.717, 1.165) is 12.0 Å². The molecule has 0 unspecified atom stereocenters. The smallest absolute Gasteiger partial charge is 0.444 e. The van der Waals surface area contributed by atoms with E-state index in [0.29, 0.717) is 44.1 Å². The fraction of sp³-hybridized carbons (Fsp3) is 0.719. The van der Waals surface area contributed by atoms with Gasteiger partial charge in [-0.3, -0.25) is 9.59 Å². The Kier molecular flexibility index (Phi) is 9.59. The minimum atomic E-state index is -0.599. The van der Waals surface area contributed by atoms with Crippen LogP contribution in [0.4, 0.5) is 4.79 Å². The predicted molar refractivity (Wildman–Crippen MR) is 159 cm³/mol. The fourth-order valence-corrected chi connectivity index (χ4v) is 7.22. The molecular weight excluding hydrogens is 519 g/mol. The molecule has 5 rings (SSSR count). The van der Waals surface area contributed by atoms with Crippen LogP contribution >= 0.6 is 0 Å². The summed E-state index contributed by atoms with van der Waals surface area (Å²) >= 11 is 0. The molecule has 3 aliphatic carbocycles. The van der Waals surface area contributed by atoms with Crippen molar-refractivity contribution in [3.63, 3.8) is 0 Å². The van der Waals surface area contributed by atoms with E-state index in [4.69, 9.17) is 14.0 Å². The maximum atomic E-state index is 13.7. The van der Waals surface area contributed by atoms with Gasteiger partial charge in [0.25, 0.3) is 0 Å². The Bertz CT molecular complexity index is 1090. The second-order valence-electron chi connectivity index (χ2n) is 14.1. The molecule has 0 radical (unpaired) electrons. The molecule has 0 aromatic heterocycles. The molecular formula is C32H49BN2O6. The number of Topliss-reactive ketones (excluding diaryl/α,β-unsaturated/α-hetero) is 1. The normalized spacial score (nSPS) is 27.7. The van der Waals surface area contributed by atoms with Gasteiger partial charge in [0, 0.05) is 25.7 Å². The lowest BCUT2D eigenvalue weighted by Crippen LogP contribution is -2.65. The lowest BCUT2D eigenvalue weighted by Gasteiger charge is -2.64. The van der Waals surface area contributed by atoms with Crippen LogP contribution in [-0.2, 0) is 30.1 Å². The Morgan fingerprint density at radius 1 is 1.10 bits per heavy atom. The van der Waals surface area contributed by atoms with Gasteiger partial charge in [-0.15, -0.1) is 0 Å². The third kappa shape index (κ3) is 7.53. The summed E-state index contributed by atoms with van der Waals surface area (Å²) in [6, 6.07) is 9.55. The zero-order valence-corrected chi connectivity index (χ0v) is 26.0. The molecule has 2 amide bonds. The van der Waals surface area contributed by atoms with Crippen LogP contribution in [0.5, 0.6) is 0 Å². The summed E-state index contributed by atoms with van der Waals surface area (Å²) in [6.07, 6.45) is 4.50. The Labute approximate surface area is 246 Å². The summed E-state index contributed by atoms with van der Waals surface area (Å²) in [6.45, 7) is 14.2. The lowest BCUT2D eigenvalue weighted by atomic mass is 9.43. The van der Waals surface area contributed by atoms with E-state index in [-0.39, 0.29) is 41.0 Å². The molecule has 0 spiro atoms. The molecule has 2 N–H and O–H groups in total. The van der Waals surface area contributed by atoms with Crippen LogP contribution in [0.2, 0.25) is 5.82 Å². The van der Waals surface area contributed by atoms with Crippen LogP contribution in [0.1, 0.15) is 92.6 Å². The molecule has 226 valence electrons. The maximum Gasteiger partial charge on any atom is 0.461 e. The predicted octanol–water partition coefficient (Wildman–Crippen LogP) is 5.49. The molecule has 4 fully saturated rings. The van der Waals surface area contributed by atoms with Crippen molar-refractivity contribution < 1.29 is 28.4 Å². The van der Waals surface area contributed by atoms with Gasteiger partial charge in [0.05, 0.1) is 17.7 Å². The van der Waals surface area contributed by atoms with Gasteiger partial charge in [0.15, 0.2) is 5.78 Å². The van der Waals surface area contributed by atoms with Crippen molar-refractivity contribution in [2.45, 2.75) is 123 Å². The number of carbonyl (C=O) groups excluding carboxylic acids is 3. The second kappa shape index (κ2) is 12.5. The van der Waals surface area contributed by atoms with Crippen LogP contribution in [0.15, 0.2) is 30.3 Å². The third-order valence-electron chi connectivity index (χ3n) is 9.51. The molecule has 3 saturated carbocycles. The van der Waals surface area contributed by atoms with Crippen LogP contribution in [-0.4, -0.2) is 54.8 Å². The second-order valence-corrected chi connectivity index (χ2v) is 14.1. The van der Waals surface area contributed by atoms with Crippen molar-refractivity contribution in [2.75, 3.05) is 6.54 Å². The number of hydrogen-bond donors (Lipinski definition) is 2. The number of alkyl carbamates (subject to hydrolysis) is 1. The SMILES string of the molecule is CC(=O)N[C@@H](CCCCNC(=O)OC(C)(C)C)C(=O)C[C@@H](Cc1ccccc1)B1O[C@@H]2C[C@@H]3C[C@@H](C3(C)C)[C@]2(C)O1. The standard InChI is InChI=1S/C32H49BN2O6/c1-21(36)35-25(15-11-12-16-34-29(38)39-30(2,3)4)26(37)20-24(17-22-13-9-8-10-14-22)33-40-28-19-23-18-27(31(23,5)6)32(28,7)41-33/h8-10,13-14,23-25,27-28H,11-12,15-20H2,1-7H3,(H,34,38)(H,35,36)/t23-,24+,25-,27-,28+,32-/m0/s1. The van der Waals surface area contributed by atoms with Crippen LogP contribution in [0.25, 0.3) is 0 Å². The number of amides is 2. The van der Waals surface area contributed by atoms with E-state index in [1.54, 1.807) is 0 Å². The van der Waals surface area contributed by atoms with Crippen LogP contribution < -0.4 is 10.6 Å². The molecule has 1 aromatic carbocycles. The van der Waals surface area contributed by atoms with Gasteiger partial charge in [0.1, 0.15) is 5.60 Å². The van der Waals surface area contributed by atoms with Gasteiger partial charge in [-0.25, -0.2) is 4.79 Å². The topological polar surface area (TPSA) is 103 Å². The van der Waals surface area contributed by atoms with Crippen molar-refractivity contribution in [1.82, 2.24) is 10.6 Å². The Balaban J connectivity index is 1.39. The highest BCUT2D eigenvalue weighted by Crippen LogP contribution is 2.66. The fourth-order valence-electron chi connectivity index (χ4n) is 7.22. The first-order valence-corrected chi connectivity index (χ1v) is 15.3. The molecule has 1 aromatic rings. The molecule has 1 aliphatic heterocycles. The van der Waals surface area contributed by atoms with Gasteiger partial charge in [-0.2, -0.15) is 0 Å². The summed E-state index contributed by atoms with van der Waals surface area (Å²) in [5.41, 5.74) is 0.468. The first-order chi connectivity index (χ1) is 19.2. The number of carbonyl (C=O) groups is 3. The minimum Gasteiger partial charge on any atom is -0.444 e. The Morgan fingerprint density at radius 3 is 2.44 bits per heavy atom. The van der Waals surface area contributed by atoms with Gasteiger partial charge in [-0.1, -0.05) is 44.2 Å². The van der Waals surface area contributed by atoms with Crippen molar-refractivity contribution in [3.05, 3.63) is 35.9 Å². The molecule has 4 aliphatic rings. The molecule has 9 heteroatoms. The lowest BCUT2D eigenvalue weighted by molar-refractivity contribution is -0.199. The highest BCUT2D eigenvalue weighted by atomic mass is 16.7. The summed E-state index contributed by atoms with van der Waals surface area (Å²) in [5.74, 6) is 0.675. The van der Waals surface area contributed by atoms with E-state index in [1.807, 2.05) is 39.0 Å². The molecule has 1 saturated heterocycles. The third-order valence-corrected chi connectivity index (χ3v) is 9.51. The monoisotopic (exact) mass is 568 g/mol. The van der Waals surface area contributed by atoms with Gasteiger partial charge < -0.3 is 24.7 Å². The largest absolute Gasteiger partial charge is 0.461 e. The van der Waals surface area contributed by atoms with Gasteiger partial charge >= 0.3 is 13.2 Å². The zero-order valence-electron chi connectivity index (χ0n) is 26.0. The summed E-state index contributed by atoms with van der Waals surface area (Å²) < 4.78 is 18.7. The number of unbranched alkanes of at least 4 members (excludes halogenated alkanes) is 1. The number of ketones is 1. The molecule has 1 heterocycles. The van der Waals surface area contributed by atoms with E-state index < -0.39 is 24.9 Å². The molecule has 41 heavy (non-hydrogen) atoms. The number of rotatable bonds is 12. The summed E-state index contributed by atoms with van der Waals surface area (Å²) in [4.78, 5) is 37.7. The van der Waals surface area contributed by atoms with Crippen molar-refractivity contribution in [3.8, 4) is 0 Å².